The molecule has 1 N–H and O–H groups in total. The molecule has 1 aromatic heterocycles. The zero-order valence-electron chi connectivity index (χ0n) is 11.8. The first kappa shape index (κ1) is 14.2. The summed E-state index contributed by atoms with van der Waals surface area (Å²) in [6.07, 6.45) is 3.42. The topological polar surface area (TPSA) is 37.4 Å². The van der Waals surface area contributed by atoms with E-state index in [2.05, 4.69) is 39.5 Å². The molecule has 0 spiro atoms. The molecule has 1 saturated heterocycles. The second-order valence-electron chi connectivity index (χ2n) is 4.97. The highest BCUT2D eigenvalue weighted by Crippen LogP contribution is 2.20. The van der Waals surface area contributed by atoms with E-state index < -0.39 is 0 Å². The van der Waals surface area contributed by atoms with Crippen LogP contribution in [0.25, 0.3) is 0 Å². The van der Waals surface area contributed by atoms with E-state index in [-0.39, 0.29) is 0 Å². The molecule has 0 atom stereocenters. The van der Waals surface area contributed by atoms with Gasteiger partial charge in [-0.1, -0.05) is 11.6 Å². The van der Waals surface area contributed by atoms with Crippen molar-refractivity contribution in [3.8, 4) is 0 Å². The molecule has 5 heteroatoms. The monoisotopic (exact) mass is 303 g/mol. The molecule has 1 fully saturated rings. The minimum Gasteiger partial charge on any atom is -0.381 e. The van der Waals surface area contributed by atoms with Crippen LogP contribution in [-0.2, 0) is 11.3 Å². The first-order valence-corrected chi connectivity index (χ1v) is 7.46. The van der Waals surface area contributed by atoms with Gasteiger partial charge in [-0.15, -0.1) is 0 Å². The maximum atomic E-state index is 6.10. The molecule has 0 aliphatic carbocycles. The van der Waals surface area contributed by atoms with Crippen molar-refractivity contribution >= 4 is 23.0 Å². The molecule has 2 heterocycles. The Labute approximate surface area is 129 Å². The van der Waals surface area contributed by atoms with Crippen LogP contribution < -0.4 is 10.2 Å². The first-order valence-electron chi connectivity index (χ1n) is 7.08. The fourth-order valence-electron chi connectivity index (χ4n) is 2.36. The zero-order valence-corrected chi connectivity index (χ0v) is 12.5. The predicted octanol–water partition coefficient (Wildman–Crippen LogP) is 3.18. The zero-order chi connectivity index (χ0) is 14.5. The lowest BCUT2D eigenvalue weighted by Crippen LogP contribution is -2.36. The van der Waals surface area contributed by atoms with Gasteiger partial charge in [0.15, 0.2) is 0 Å². The third kappa shape index (κ3) is 3.65. The van der Waals surface area contributed by atoms with Gasteiger partial charge in [0, 0.05) is 43.4 Å². The van der Waals surface area contributed by atoms with Crippen molar-refractivity contribution in [1.82, 2.24) is 4.98 Å². The van der Waals surface area contributed by atoms with Crippen LogP contribution in [0.4, 0.5) is 11.4 Å². The van der Waals surface area contributed by atoms with Gasteiger partial charge in [0.1, 0.15) is 0 Å². The van der Waals surface area contributed by atoms with Crippen LogP contribution >= 0.6 is 11.6 Å². The van der Waals surface area contributed by atoms with Gasteiger partial charge in [-0.05, 0) is 35.9 Å². The van der Waals surface area contributed by atoms with Gasteiger partial charge < -0.3 is 15.0 Å². The molecule has 1 aromatic carbocycles. The minimum atomic E-state index is 0.690. The molecule has 0 bridgehead atoms. The molecule has 1 aliphatic rings. The number of hydrogen-bond donors (Lipinski definition) is 1. The van der Waals surface area contributed by atoms with Crippen LogP contribution in [-0.4, -0.2) is 31.3 Å². The Hall–Kier alpha value is -1.78. The molecule has 0 radical (unpaired) electrons. The number of rotatable bonds is 4. The Morgan fingerprint density at radius 1 is 1.14 bits per heavy atom. The fourth-order valence-corrected chi connectivity index (χ4v) is 2.54. The average molecular weight is 304 g/mol. The molecule has 4 nitrogen and oxygen atoms in total. The SMILES string of the molecule is Clc1cnccc1CNc1ccc(N2CCOCC2)cc1. The highest BCUT2D eigenvalue weighted by molar-refractivity contribution is 6.31. The van der Waals surface area contributed by atoms with E-state index in [4.69, 9.17) is 16.3 Å². The summed E-state index contributed by atoms with van der Waals surface area (Å²) in [6, 6.07) is 10.4. The predicted molar refractivity (Wildman–Crippen MR) is 86.0 cm³/mol. The van der Waals surface area contributed by atoms with Crippen molar-refractivity contribution < 1.29 is 4.74 Å². The molecule has 1 aliphatic heterocycles. The summed E-state index contributed by atoms with van der Waals surface area (Å²) in [5, 5.41) is 4.07. The maximum Gasteiger partial charge on any atom is 0.0642 e. The van der Waals surface area contributed by atoms with E-state index in [0.29, 0.717) is 11.6 Å². The van der Waals surface area contributed by atoms with Crippen LogP contribution in [0.2, 0.25) is 5.02 Å². The Morgan fingerprint density at radius 3 is 2.62 bits per heavy atom. The average Bonchev–Trinajstić information content (AvgIpc) is 2.55. The largest absolute Gasteiger partial charge is 0.381 e. The van der Waals surface area contributed by atoms with Crippen LogP contribution in [0.3, 0.4) is 0 Å². The van der Waals surface area contributed by atoms with Crippen molar-refractivity contribution in [1.29, 1.82) is 0 Å². The van der Waals surface area contributed by atoms with E-state index in [1.54, 1.807) is 12.4 Å². The lowest BCUT2D eigenvalue weighted by Gasteiger charge is -2.28. The lowest BCUT2D eigenvalue weighted by molar-refractivity contribution is 0.122. The molecule has 110 valence electrons. The van der Waals surface area contributed by atoms with Gasteiger partial charge in [0.25, 0.3) is 0 Å². The molecule has 3 rings (SSSR count). The van der Waals surface area contributed by atoms with Gasteiger partial charge >= 0.3 is 0 Å². The Bertz CT molecular complexity index is 582. The molecule has 0 saturated carbocycles. The number of halogens is 1. The number of benzene rings is 1. The number of hydrogen-bond acceptors (Lipinski definition) is 4. The van der Waals surface area contributed by atoms with E-state index in [1.807, 2.05) is 6.07 Å². The van der Waals surface area contributed by atoms with E-state index in [1.165, 1.54) is 5.69 Å². The first-order chi connectivity index (χ1) is 10.3. The van der Waals surface area contributed by atoms with E-state index in [9.17, 15) is 0 Å². The summed E-state index contributed by atoms with van der Waals surface area (Å²) >= 11 is 6.10. The highest BCUT2D eigenvalue weighted by Gasteiger charge is 2.10. The fraction of sp³-hybridized carbons (Fsp3) is 0.312. The molecule has 0 unspecified atom stereocenters. The van der Waals surface area contributed by atoms with Crippen LogP contribution in [0, 0.1) is 0 Å². The van der Waals surface area contributed by atoms with Gasteiger partial charge in [0.05, 0.1) is 18.2 Å². The van der Waals surface area contributed by atoms with Gasteiger partial charge in [-0.2, -0.15) is 0 Å². The summed E-state index contributed by atoms with van der Waals surface area (Å²) in [7, 11) is 0. The lowest BCUT2D eigenvalue weighted by atomic mass is 10.2. The number of nitrogens with zero attached hydrogens (tertiary/aromatic N) is 2. The Kier molecular flexibility index (Phi) is 4.58. The third-order valence-corrected chi connectivity index (χ3v) is 3.92. The van der Waals surface area contributed by atoms with Gasteiger partial charge in [-0.3, -0.25) is 4.98 Å². The van der Waals surface area contributed by atoms with Crippen LogP contribution in [0.5, 0.6) is 0 Å². The summed E-state index contributed by atoms with van der Waals surface area (Å²) in [6.45, 7) is 4.22. The van der Waals surface area contributed by atoms with Gasteiger partial charge in [-0.25, -0.2) is 0 Å². The highest BCUT2D eigenvalue weighted by atomic mass is 35.5. The number of anilines is 2. The number of nitrogens with one attached hydrogen (secondary N) is 1. The van der Waals surface area contributed by atoms with Crippen molar-refractivity contribution in [2.45, 2.75) is 6.54 Å². The molecule has 0 amide bonds. The van der Waals surface area contributed by atoms with Gasteiger partial charge in [0.2, 0.25) is 0 Å². The number of morpholine rings is 1. The van der Waals surface area contributed by atoms with Crippen molar-refractivity contribution in [2.24, 2.45) is 0 Å². The van der Waals surface area contributed by atoms with Crippen LogP contribution in [0.1, 0.15) is 5.56 Å². The smallest absolute Gasteiger partial charge is 0.0642 e. The molecule has 2 aromatic rings. The third-order valence-electron chi connectivity index (χ3n) is 3.58. The molecular formula is C16H18ClN3O. The normalized spacial score (nSPS) is 15.0. The van der Waals surface area contributed by atoms with Crippen molar-refractivity contribution in [2.75, 3.05) is 36.5 Å². The van der Waals surface area contributed by atoms with Crippen molar-refractivity contribution in [3.05, 3.63) is 53.3 Å². The molecular weight excluding hydrogens is 286 g/mol. The number of ether oxygens (including phenoxy) is 1. The Balaban J connectivity index is 1.60. The second kappa shape index (κ2) is 6.78. The van der Waals surface area contributed by atoms with E-state index >= 15 is 0 Å². The number of pyridine rings is 1. The maximum absolute atomic E-state index is 6.10. The summed E-state index contributed by atoms with van der Waals surface area (Å²) in [5.41, 5.74) is 3.37. The van der Waals surface area contributed by atoms with Crippen LogP contribution in [0.15, 0.2) is 42.7 Å². The Morgan fingerprint density at radius 2 is 1.90 bits per heavy atom. The van der Waals surface area contributed by atoms with E-state index in [0.717, 1.165) is 37.6 Å². The minimum absolute atomic E-state index is 0.690. The number of aromatic nitrogens is 1. The standard InChI is InChI=1S/C16H18ClN3O/c17-16-12-18-6-5-13(16)11-19-14-1-3-15(4-2-14)20-7-9-21-10-8-20/h1-6,12,19H,7-11H2. The molecule has 21 heavy (non-hydrogen) atoms. The summed E-state index contributed by atoms with van der Waals surface area (Å²) < 4.78 is 5.37. The second-order valence-corrected chi connectivity index (χ2v) is 5.37. The summed E-state index contributed by atoms with van der Waals surface area (Å²) in [4.78, 5) is 6.33. The quantitative estimate of drug-likeness (QED) is 0.941. The summed E-state index contributed by atoms with van der Waals surface area (Å²) in [5.74, 6) is 0. The van der Waals surface area contributed by atoms with Crippen molar-refractivity contribution in [3.63, 3.8) is 0 Å².